The summed E-state index contributed by atoms with van der Waals surface area (Å²) in [5, 5.41) is 16.2. The van der Waals surface area contributed by atoms with Gasteiger partial charge in [0.1, 0.15) is 0 Å². The molecule has 0 aliphatic carbocycles. The normalized spacial score (nSPS) is 9.96. The summed E-state index contributed by atoms with van der Waals surface area (Å²) in [6, 6.07) is 13.5. The maximum absolute atomic E-state index is 12.0. The van der Waals surface area contributed by atoms with Crippen molar-refractivity contribution in [3.63, 3.8) is 0 Å². The molecule has 0 aliphatic heterocycles. The van der Waals surface area contributed by atoms with Crippen molar-refractivity contribution in [2.75, 3.05) is 5.32 Å². The number of aryl methyl sites for hydroxylation is 1. The number of nitrogens with zero attached hydrogens (tertiary/aromatic N) is 1. The van der Waals surface area contributed by atoms with Crippen molar-refractivity contribution in [2.45, 2.75) is 13.3 Å². The van der Waals surface area contributed by atoms with E-state index in [1.165, 1.54) is 18.2 Å². The van der Waals surface area contributed by atoms with E-state index in [-0.39, 0.29) is 23.1 Å². The highest BCUT2D eigenvalue weighted by Gasteiger charge is 2.10. The molecule has 118 valence electrons. The van der Waals surface area contributed by atoms with Crippen molar-refractivity contribution in [1.29, 1.82) is 0 Å². The Labute approximate surface area is 138 Å². The molecule has 0 saturated carbocycles. The molecule has 23 heavy (non-hydrogen) atoms. The van der Waals surface area contributed by atoms with Crippen molar-refractivity contribution >= 4 is 34.6 Å². The molecule has 0 heterocycles. The number of non-ortho nitro benzene ring substituents is 1. The van der Waals surface area contributed by atoms with E-state index in [4.69, 9.17) is 12.2 Å². The summed E-state index contributed by atoms with van der Waals surface area (Å²) in [5.41, 5.74) is 2.34. The third-order valence-corrected chi connectivity index (χ3v) is 3.38. The van der Waals surface area contributed by atoms with E-state index in [0.717, 1.165) is 11.1 Å². The molecule has 0 atom stereocenters. The second-order valence-electron chi connectivity index (χ2n) is 4.91. The van der Waals surface area contributed by atoms with Crippen LogP contribution in [0.3, 0.4) is 0 Å². The van der Waals surface area contributed by atoms with Crippen LogP contribution in [-0.4, -0.2) is 15.9 Å². The maximum Gasteiger partial charge on any atom is 0.271 e. The summed E-state index contributed by atoms with van der Waals surface area (Å²) in [7, 11) is 0. The molecular formula is C16H15N3O3S. The Bertz CT molecular complexity index is 762. The second-order valence-corrected chi connectivity index (χ2v) is 5.32. The lowest BCUT2D eigenvalue weighted by molar-refractivity contribution is -0.384. The van der Waals surface area contributed by atoms with Gasteiger partial charge in [0.25, 0.3) is 5.69 Å². The zero-order valence-corrected chi connectivity index (χ0v) is 13.2. The van der Waals surface area contributed by atoms with Gasteiger partial charge in [-0.25, -0.2) is 0 Å². The summed E-state index contributed by atoms with van der Waals surface area (Å²) in [6.07, 6.45) is 0.212. The van der Waals surface area contributed by atoms with Crippen LogP contribution in [-0.2, 0) is 11.2 Å². The molecule has 0 aromatic heterocycles. The summed E-state index contributed by atoms with van der Waals surface area (Å²) in [6.45, 7) is 1.93. The van der Waals surface area contributed by atoms with Crippen molar-refractivity contribution in [2.24, 2.45) is 0 Å². The highest BCUT2D eigenvalue weighted by Crippen LogP contribution is 2.16. The van der Waals surface area contributed by atoms with E-state index >= 15 is 0 Å². The third-order valence-electron chi connectivity index (χ3n) is 3.18. The minimum atomic E-state index is -0.495. The van der Waals surface area contributed by atoms with Crippen molar-refractivity contribution in [3.05, 3.63) is 69.8 Å². The van der Waals surface area contributed by atoms with Gasteiger partial charge in [-0.2, -0.15) is 0 Å². The number of rotatable bonds is 4. The molecular weight excluding hydrogens is 314 g/mol. The van der Waals surface area contributed by atoms with Crippen LogP contribution in [0.25, 0.3) is 0 Å². The summed E-state index contributed by atoms with van der Waals surface area (Å²) in [4.78, 5) is 22.2. The van der Waals surface area contributed by atoms with Gasteiger partial charge in [-0.3, -0.25) is 14.9 Å². The molecule has 0 bridgehead atoms. The summed E-state index contributed by atoms with van der Waals surface area (Å²) in [5.74, 6) is -0.248. The van der Waals surface area contributed by atoms with Gasteiger partial charge in [0.2, 0.25) is 5.91 Å². The molecule has 0 spiro atoms. The molecule has 0 aliphatic rings. The van der Waals surface area contributed by atoms with Gasteiger partial charge in [0, 0.05) is 17.8 Å². The van der Waals surface area contributed by atoms with Crippen LogP contribution in [0, 0.1) is 17.0 Å². The van der Waals surface area contributed by atoms with E-state index in [9.17, 15) is 14.9 Å². The molecule has 7 heteroatoms. The molecule has 0 unspecified atom stereocenters. The molecule has 2 N–H and O–H groups in total. The van der Waals surface area contributed by atoms with Gasteiger partial charge in [-0.05, 0) is 36.3 Å². The van der Waals surface area contributed by atoms with E-state index < -0.39 is 4.92 Å². The highest BCUT2D eigenvalue weighted by molar-refractivity contribution is 7.80. The number of thiocarbonyl (C=S) groups is 1. The zero-order chi connectivity index (χ0) is 16.8. The van der Waals surface area contributed by atoms with E-state index in [1.54, 1.807) is 6.07 Å². The summed E-state index contributed by atoms with van der Waals surface area (Å²) < 4.78 is 0. The predicted molar refractivity (Wildman–Crippen MR) is 92.3 cm³/mol. The quantitative estimate of drug-likeness (QED) is 0.512. The number of benzene rings is 2. The number of hydrogen-bond donors (Lipinski definition) is 2. The monoisotopic (exact) mass is 329 g/mol. The van der Waals surface area contributed by atoms with Crippen molar-refractivity contribution < 1.29 is 9.72 Å². The first-order chi connectivity index (χ1) is 11.0. The van der Waals surface area contributed by atoms with Gasteiger partial charge in [-0.1, -0.05) is 30.3 Å². The van der Waals surface area contributed by atoms with Crippen LogP contribution in [0.4, 0.5) is 11.4 Å². The van der Waals surface area contributed by atoms with Gasteiger partial charge in [0.15, 0.2) is 5.11 Å². The molecule has 0 fully saturated rings. The second kappa shape index (κ2) is 7.46. The zero-order valence-electron chi connectivity index (χ0n) is 12.4. The molecule has 2 aromatic rings. The third kappa shape index (κ3) is 4.86. The lowest BCUT2D eigenvalue weighted by atomic mass is 10.1. The number of hydrogen-bond acceptors (Lipinski definition) is 4. The number of anilines is 1. The van der Waals surface area contributed by atoms with Gasteiger partial charge in [-0.15, -0.1) is 0 Å². The van der Waals surface area contributed by atoms with Crippen LogP contribution in [0.1, 0.15) is 11.1 Å². The van der Waals surface area contributed by atoms with Gasteiger partial charge < -0.3 is 10.6 Å². The lowest BCUT2D eigenvalue weighted by Gasteiger charge is -2.10. The van der Waals surface area contributed by atoms with Crippen LogP contribution in [0.15, 0.2) is 48.5 Å². The van der Waals surface area contributed by atoms with Crippen LogP contribution >= 0.6 is 12.2 Å². The van der Waals surface area contributed by atoms with E-state index in [2.05, 4.69) is 10.6 Å². The molecule has 6 nitrogen and oxygen atoms in total. The van der Waals surface area contributed by atoms with Gasteiger partial charge >= 0.3 is 0 Å². The summed E-state index contributed by atoms with van der Waals surface area (Å²) >= 11 is 5.06. The first kappa shape index (κ1) is 16.6. The van der Waals surface area contributed by atoms with E-state index in [1.807, 2.05) is 31.2 Å². The molecule has 2 rings (SSSR count). The standard InChI is InChI=1S/C16H15N3O3S/c1-11-5-2-3-6-12(11)9-15(20)18-16(23)17-13-7-4-8-14(10-13)19(21)22/h2-8,10H,9H2,1H3,(H2,17,18,20,23). The minimum Gasteiger partial charge on any atom is -0.332 e. The Morgan fingerprint density at radius 2 is 1.96 bits per heavy atom. The fourth-order valence-corrected chi connectivity index (χ4v) is 2.24. The Morgan fingerprint density at radius 1 is 1.22 bits per heavy atom. The van der Waals surface area contributed by atoms with Crippen LogP contribution in [0.2, 0.25) is 0 Å². The average Bonchev–Trinajstić information content (AvgIpc) is 2.49. The number of nitrogens with one attached hydrogen (secondary N) is 2. The topological polar surface area (TPSA) is 84.3 Å². The number of amides is 1. The Balaban J connectivity index is 1.94. The predicted octanol–water partition coefficient (Wildman–Crippen LogP) is 2.96. The van der Waals surface area contributed by atoms with Crippen molar-refractivity contribution in [3.8, 4) is 0 Å². The maximum atomic E-state index is 12.0. The SMILES string of the molecule is Cc1ccccc1CC(=O)NC(=S)Nc1cccc([N+](=O)[O-])c1. The fraction of sp³-hybridized carbons (Fsp3) is 0.125. The largest absolute Gasteiger partial charge is 0.332 e. The molecule has 0 radical (unpaired) electrons. The van der Waals surface area contributed by atoms with Gasteiger partial charge in [0.05, 0.1) is 11.3 Å². The average molecular weight is 329 g/mol. The smallest absolute Gasteiger partial charge is 0.271 e. The minimum absolute atomic E-state index is 0.0518. The molecule has 1 amide bonds. The lowest BCUT2D eigenvalue weighted by Crippen LogP contribution is -2.35. The fourth-order valence-electron chi connectivity index (χ4n) is 2.01. The number of carbonyl (C=O) groups excluding carboxylic acids is 1. The Hall–Kier alpha value is -2.80. The van der Waals surface area contributed by atoms with Crippen LogP contribution < -0.4 is 10.6 Å². The Morgan fingerprint density at radius 3 is 2.65 bits per heavy atom. The van der Waals surface area contributed by atoms with E-state index in [0.29, 0.717) is 5.69 Å². The molecule has 0 saturated heterocycles. The van der Waals surface area contributed by atoms with Crippen molar-refractivity contribution in [1.82, 2.24) is 5.32 Å². The van der Waals surface area contributed by atoms with Crippen LogP contribution in [0.5, 0.6) is 0 Å². The molecule has 2 aromatic carbocycles. The Kier molecular flexibility index (Phi) is 5.37. The number of nitro benzene ring substituents is 1. The number of carbonyl (C=O) groups is 1. The highest BCUT2D eigenvalue weighted by atomic mass is 32.1. The first-order valence-electron chi connectivity index (χ1n) is 6.85. The number of nitro groups is 1. The first-order valence-corrected chi connectivity index (χ1v) is 7.26.